The van der Waals surface area contributed by atoms with Crippen LogP contribution < -0.4 is 4.90 Å². The lowest BCUT2D eigenvalue weighted by Crippen LogP contribution is -2.29. The highest BCUT2D eigenvalue weighted by atomic mass is 35.5. The van der Waals surface area contributed by atoms with Gasteiger partial charge >= 0.3 is 5.91 Å². The topological polar surface area (TPSA) is 87.8 Å². The van der Waals surface area contributed by atoms with E-state index in [0.29, 0.717) is 32.8 Å². The van der Waals surface area contributed by atoms with Crippen LogP contribution in [0.2, 0.25) is 10.0 Å². The molecule has 1 aliphatic heterocycles. The Morgan fingerprint density at radius 3 is 2.55 bits per heavy atom. The Labute approximate surface area is 231 Å². The summed E-state index contributed by atoms with van der Waals surface area (Å²) in [5.74, 6) is -1.94. The molecule has 1 unspecified atom stereocenters. The normalized spacial score (nSPS) is 17.3. The van der Waals surface area contributed by atoms with Crippen LogP contribution >= 0.6 is 34.5 Å². The Bertz CT molecular complexity index is 1860. The van der Waals surface area contributed by atoms with E-state index in [1.54, 1.807) is 47.9 Å². The predicted octanol–water partition coefficient (Wildman–Crippen LogP) is 6.80. The van der Waals surface area contributed by atoms with Gasteiger partial charge in [-0.1, -0.05) is 52.7 Å². The number of hydrogen-bond donors (Lipinski definition) is 1. The number of aliphatic hydroxyl groups excluding tert-OH is 1. The van der Waals surface area contributed by atoms with Crippen molar-refractivity contribution in [1.82, 2.24) is 14.4 Å². The molecule has 10 heteroatoms. The van der Waals surface area contributed by atoms with Crippen LogP contribution in [-0.4, -0.2) is 31.2 Å². The fourth-order valence-electron chi connectivity index (χ4n) is 5.02. The molecule has 0 saturated carbocycles. The van der Waals surface area contributed by atoms with E-state index in [1.807, 2.05) is 32.0 Å². The number of halogens is 2. The zero-order valence-electron chi connectivity index (χ0n) is 20.5. The van der Waals surface area contributed by atoms with Crippen molar-refractivity contribution < 1.29 is 14.7 Å². The van der Waals surface area contributed by atoms with E-state index in [4.69, 9.17) is 28.2 Å². The summed E-state index contributed by atoms with van der Waals surface area (Å²) < 4.78 is 2.58. The highest BCUT2D eigenvalue weighted by Gasteiger charge is 2.48. The quantitative estimate of drug-likeness (QED) is 0.148. The number of imidazole rings is 1. The van der Waals surface area contributed by atoms with Crippen molar-refractivity contribution in [3.63, 3.8) is 0 Å². The van der Waals surface area contributed by atoms with Gasteiger partial charge < -0.3 is 5.11 Å². The molecule has 6 rings (SSSR count). The number of aryl methyl sites for hydroxylation is 3. The number of nitrogens with zero attached hydrogens (tertiary/aromatic N) is 4. The number of anilines is 1. The van der Waals surface area contributed by atoms with Gasteiger partial charge in [-0.05, 0) is 67.8 Å². The molecular weight excluding hydrogens is 543 g/mol. The average molecular weight is 563 g/mol. The van der Waals surface area contributed by atoms with Gasteiger partial charge in [0.25, 0.3) is 5.78 Å². The highest BCUT2D eigenvalue weighted by molar-refractivity contribution is 7.22. The first-order valence-corrected chi connectivity index (χ1v) is 13.3. The zero-order valence-corrected chi connectivity index (χ0v) is 22.8. The molecule has 3 aromatic heterocycles. The average Bonchev–Trinajstić information content (AvgIpc) is 3.52. The maximum atomic E-state index is 13.6. The number of ketones is 1. The van der Waals surface area contributed by atoms with Crippen molar-refractivity contribution in [2.75, 3.05) is 4.90 Å². The standard InChI is InChI=1S/C28H20Cl2N4O3S/c1-13-10-14(2)22-19(11-13)38-28(32-22)34-24(16-7-8-17(29)18(30)12-16)21(26(36)27(34)37)25(35)23-15(3)31-20-6-4-5-9-33(20)23/h4-12,24,35H,1-3H3. The molecule has 1 fully saturated rings. The van der Waals surface area contributed by atoms with Crippen molar-refractivity contribution in [3.8, 4) is 0 Å². The van der Waals surface area contributed by atoms with Gasteiger partial charge in [-0.2, -0.15) is 0 Å². The Morgan fingerprint density at radius 2 is 1.79 bits per heavy atom. The van der Waals surface area contributed by atoms with Crippen LogP contribution in [0.3, 0.4) is 0 Å². The van der Waals surface area contributed by atoms with Crippen LogP contribution in [0.15, 0.2) is 60.3 Å². The Morgan fingerprint density at radius 1 is 1.00 bits per heavy atom. The maximum Gasteiger partial charge on any atom is 0.301 e. The third-order valence-electron chi connectivity index (χ3n) is 6.66. The summed E-state index contributed by atoms with van der Waals surface area (Å²) in [7, 11) is 0. The van der Waals surface area contributed by atoms with Gasteiger partial charge in [-0.15, -0.1) is 0 Å². The largest absolute Gasteiger partial charge is 0.505 e. The summed E-state index contributed by atoms with van der Waals surface area (Å²) in [6.07, 6.45) is 1.74. The number of thiazole rings is 1. The molecule has 1 aliphatic rings. The molecule has 5 aromatic rings. The number of carbonyl (C=O) groups is 2. The van der Waals surface area contributed by atoms with Gasteiger partial charge in [0.05, 0.1) is 37.6 Å². The molecule has 0 radical (unpaired) electrons. The molecule has 2 aromatic carbocycles. The number of fused-ring (bicyclic) bond motifs is 2. The summed E-state index contributed by atoms with van der Waals surface area (Å²) in [5, 5.41) is 12.6. The monoisotopic (exact) mass is 562 g/mol. The van der Waals surface area contributed by atoms with E-state index in [0.717, 1.165) is 21.3 Å². The third kappa shape index (κ3) is 3.71. The fraction of sp³-hybridized carbons (Fsp3) is 0.143. The van der Waals surface area contributed by atoms with Crippen LogP contribution in [0.4, 0.5) is 5.13 Å². The molecule has 0 bridgehead atoms. The molecule has 0 aliphatic carbocycles. The van der Waals surface area contributed by atoms with Crippen molar-refractivity contribution >= 4 is 73.0 Å². The summed E-state index contributed by atoms with van der Waals surface area (Å²) in [5.41, 5.74) is 4.67. The van der Waals surface area contributed by atoms with Crippen LogP contribution in [0.1, 0.15) is 34.1 Å². The number of pyridine rings is 1. The number of carbonyl (C=O) groups excluding carboxylic acids is 2. The molecule has 38 heavy (non-hydrogen) atoms. The second-order valence-corrected chi connectivity index (χ2v) is 11.1. The van der Waals surface area contributed by atoms with Crippen LogP contribution in [-0.2, 0) is 9.59 Å². The van der Waals surface area contributed by atoms with Crippen molar-refractivity contribution in [1.29, 1.82) is 0 Å². The van der Waals surface area contributed by atoms with Gasteiger partial charge in [0.15, 0.2) is 10.9 Å². The first-order chi connectivity index (χ1) is 18.2. The summed E-state index contributed by atoms with van der Waals surface area (Å²) in [6.45, 7) is 5.69. The minimum absolute atomic E-state index is 0.0747. The molecule has 1 amide bonds. The minimum Gasteiger partial charge on any atom is -0.505 e. The Balaban J connectivity index is 1.63. The Kier molecular flexibility index (Phi) is 5.79. The minimum atomic E-state index is -0.986. The van der Waals surface area contributed by atoms with Crippen molar-refractivity contribution in [3.05, 3.63) is 98.4 Å². The molecular formula is C28H20Cl2N4O3S. The van der Waals surface area contributed by atoms with E-state index in [9.17, 15) is 14.7 Å². The summed E-state index contributed by atoms with van der Waals surface area (Å²) in [6, 6.07) is 13.3. The predicted molar refractivity (Wildman–Crippen MR) is 150 cm³/mol. The van der Waals surface area contributed by atoms with Crippen molar-refractivity contribution in [2.45, 2.75) is 26.8 Å². The molecule has 1 saturated heterocycles. The number of Topliss-reactive ketones (excluding diaryl/α,β-unsaturated/α-hetero) is 1. The van der Waals surface area contributed by atoms with E-state index in [-0.39, 0.29) is 16.4 Å². The van der Waals surface area contributed by atoms with Crippen LogP contribution in [0, 0.1) is 20.8 Å². The number of benzene rings is 2. The SMILES string of the molecule is Cc1cc(C)c2nc(N3C(=O)C(=O)C(=C(O)c4c(C)nc5ccccn45)C3c3ccc(Cl)c(Cl)c3)sc2c1. The van der Waals surface area contributed by atoms with E-state index in [2.05, 4.69) is 4.98 Å². The number of aliphatic hydroxyl groups is 1. The first-order valence-electron chi connectivity index (χ1n) is 11.7. The lowest BCUT2D eigenvalue weighted by molar-refractivity contribution is -0.132. The highest BCUT2D eigenvalue weighted by Crippen LogP contribution is 2.45. The molecule has 4 heterocycles. The smallest absolute Gasteiger partial charge is 0.301 e. The van der Waals surface area contributed by atoms with Gasteiger partial charge in [-0.25, -0.2) is 9.97 Å². The second-order valence-electron chi connectivity index (χ2n) is 9.24. The molecule has 1 N–H and O–H groups in total. The molecule has 190 valence electrons. The van der Waals surface area contributed by atoms with Crippen LogP contribution in [0.5, 0.6) is 0 Å². The summed E-state index contributed by atoms with van der Waals surface area (Å²) in [4.78, 5) is 37.8. The first kappa shape index (κ1) is 24.6. The lowest BCUT2D eigenvalue weighted by atomic mass is 9.96. The molecule has 0 spiro atoms. The lowest BCUT2D eigenvalue weighted by Gasteiger charge is -2.23. The van der Waals surface area contributed by atoms with Crippen molar-refractivity contribution in [2.24, 2.45) is 0 Å². The molecule has 7 nitrogen and oxygen atoms in total. The number of hydrogen-bond acceptors (Lipinski definition) is 6. The van der Waals surface area contributed by atoms with E-state index < -0.39 is 17.7 Å². The third-order valence-corrected chi connectivity index (χ3v) is 8.40. The van der Waals surface area contributed by atoms with Gasteiger partial charge in [0.2, 0.25) is 0 Å². The van der Waals surface area contributed by atoms with E-state index >= 15 is 0 Å². The molecule has 1 atom stereocenters. The van der Waals surface area contributed by atoms with E-state index in [1.165, 1.54) is 16.2 Å². The number of rotatable bonds is 3. The van der Waals surface area contributed by atoms with Gasteiger partial charge in [0, 0.05) is 6.20 Å². The Hall–Kier alpha value is -3.72. The zero-order chi connectivity index (χ0) is 26.9. The number of amides is 1. The van der Waals surface area contributed by atoms with Gasteiger partial charge in [-0.3, -0.25) is 18.9 Å². The second kappa shape index (κ2) is 8.94. The van der Waals surface area contributed by atoms with Gasteiger partial charge in [0.1, 0.15) is 11.3 Å². The fourth-order valence-corrected chi connectivity index (χ4v) is 6.49. The maximum absolute atomic E-state index is 13.6. The number of aromatic nitrogens is 3. The summed E-state index contributed by atoms with van der Waals surface area (Å²) >= 11 is 13.9. The van der Waals surface area contributed by atoms with Crippen LogP contribution in [0.25, 0.3) is 21.6 Å².